The number of methoxy groups -OCH3 is 3. The number of rotatable bonds is 10. The van der Waals surface area contributed by atoms with E-state index in [0.29, 0.717) is 42.7 Å². The third-order valence-corrected chi connectivity index (χ3v) is 5.88. The van der Waals surface area contributed by atoms with Gasteiger partial charge < -0.3 is 23.8 Å². The summed E-state index contributed by atoms with van der Waals surface area (Å²) in [6.45, 7) is 8.75. The highest BCUT2D eigenvalue weighted by molar-refractivity contribution is 5.95. The summed E-state index contributed by atoms with van der Waals surface area (Å²) in [5.74, 6) is 3.32. The summed E-state index contributed by atoms with van der Waals surface area (Å²) in [5.41, 5.74) is 1.78. The predicted octanol–water partition coefficient (Wildman–Crippen LogP) is 4.10. The van der Waals surface area contributed by atoms with Gasteiger partial charge in [0.15, 0.2) is 23.0 Å². The molecule has 180 valence electrons. The minimum atomic E-state index is 0.0211. The van der Waals surface area contributed by atoms with Crippen molar-refractivity contribution >= 4 is 5.91 Å². The molecule has 1 saturated heterocycles. The topological polar surface area (TPSA) is 60.5 Å². The van der Waals surface area contributed by atoms with Gasteiger partial charge in [-0.1, -0.05) is 19.9 Å². The number of nitrogens with zero attached hydrogens (tertiary/aromatic N) is 2. The third kappa shape index (κ3) is 6.54. The summed E-state index contributed by atoms with van der Waals surface area (Å²) in [6, 6.07) is 11.4. The zero-order valence-electron chi connectivity index (χ0n) is 20.4. The molecule has 1 heterocycles. The van der Waals surface area contributed by atoms with Crippen LogP contribution >= 0.6 is 0 Å². The van der Waals surface area contributed by atoms with Gasteiger partial charge in [0.05, 0.1) is 27.9 Å². The predicted molar refractivity (Wildman–Crippen MR) is 129 cm³/mol. The highest BCUT2D eigenvalue weighted by Crippen LogP contribution is 2.30. The molecule has 0 saturated carbocycles. The van der Waals surface area contributed by atoms with E-state index in [1.165, 1.54) is 0 Å². The Morgan fingerprint density at radius 2 is 1.48 bits per heavy atom. The van der Waals surface area contributed by atoms with Crippen LogP contribution in [-0.4, -0.2) is 69.8 Å². The maximum Gasteiger partial charge on any atom is 0.254 e. The molecule has 33 heavy (non-hydrogen) atoms. The lowest BCUT2D eigenvalue weighted by atomic mass is 10.1. The fourth-order valence-corrected chi connectivity index (χ4v) is 3.85. The molecule has 2 aromatic rings. The van der Waals surface area contributed by atoms with Crippen LogP contribution in [0.5, 0.6) is 23.0 Å². The van der Waals surface area contributed by atoms with E-state index >= 15 is 0 Å². The zero-order valence-corrected chi connectivity index (χ0v) is 20.4. The Bertz CT molecular complexity index is 923. The molecule has 0 unspecified atom stereocenters. The average molecular weight is 457 g/mol. The van der Waals surface area contributed by atoms with Gasteiger partial charge in [-0.05, 0) is 48.2 Å². The van der Waals surface area contributed by atoms with E-state index in [-0.39, 0.29) is 5.91 Å². The lowest BCUT2D eigenvalue weighted by Gasteiger charge is -2.35. The van der Waals surface area contributed by atoms with Gasteiger partial charge in [0.25, 0.3) is 5.91 Å². The quantitative estimate of drug-likeness (QED) is 0.537. The van der Waals surface area contributed by atoms with Crippen LogP contribution in [0.2, 0.25) is 0 Å². The first-order valence-corrected chi connectivity index (χ1v) is 11.5. The fraction of sp³-hybridized carbons (Fsp3) is 0.500. The molecule has 0 atom stereocenters. The summed E-state index contributed by atoms with van der Waals surface area (Å²) in [6.07, 6.45) is 0.970. The van der Waals surface area contributed by atoms with E-state index in [9.17, 15) is 4.79 Å². The molecule has 1 fully saturated rings. The molecule has 7 heteroatoms. The molecule has 0 aliphatic carbocycles. The molecular weight excluding hydrogens is 420 g/mol. The van der Waals surface area contributed by atoms with Crippen LogP contribution in [0.15, 0.2) is 36.4 Å². The van der Waals surface area contributed by atoms with Crippen molar-refractivity contribution in [3.63, 3.8) is 0 Å². The number of amides is 1. The van der Waals surface area contributed by atoms with E-state index in [2.05, 4.69) is 24.8 Å². The van der Waals surface area contributed by atoms with Gasteiger partial charge >= 0.3 is 0 Å². The van der Waals surface area contributed by atoms with Crippen molar-refractivity contribution in [2.45, 2.75) is 26.8 Å². The van der Waals surface area contributed by atoms with Gasteiger partial charge in [0.1, 0.15) is 0 Å². The second-order valence-corrected chi connectivity index (χ2v) is 8.65. The Morgan fingerprint density at radius 1 is 0.848 bits per heavy atom. The molecule has 3 rings (SSSR count). The first-order chi connectivity index (χ1) is 15.9. The minimum absolute atomic E-state index is 0.0211. The molecule has 7 nitrogen and oxygen atoms in total. The lowest BCUT2D eigenvalue weighted by Crippen LogP contribution is -2.48. The van der Waals surface area contributed by atoms with Crippen LogP contribution < -0.4 is 18.9 Å². The molecule has 2 aromatic carbocycles. The van der Waals surface area contributed by atoms with Crippen molar-refractivity contribution in [2.75, 3.05) is 54.1 Å². The number of hydrogen-bond donors (Lipinski definition) is 0. The van der Waals surface area contributed by atoms with Crippen molar-refractivity contribution in [1.29, 1.82) is 0 Å². The molecule has 0 spiro atoms. The van der Waals surface area contributed by atoms with E-state index in [0.717, 1.165) is 43.1 Å². The van der Waals surface area contributed by atoms with Gasteiger partial charge in [0, 0.05) is 38.3 Å². The number of ether oxygens (including phenoxy) is 4. The molecule has 0 radical (unpaired) electrons. The maximum absolute atomic E-state index is 13.1. The van der Waals surface area contributed by atoms with Gasteiger partial charge in [-0.25, -0.2) is 0 Å². The Morgan fingerprint density at radius 3 is 2.12 bits per heavy atom. The normalized spacial score (nSPS) is 14.3. The smallest absolute Gasteiger partial charge is 0.254 e. The second-order valence-electron chi connectivity index (χ2n) is 8.65. The zero-order chi connectivity index (χ0) is 23.8. The van der Waals surface area contributed by atoms with E-state index in [4.69, 9.17) is 18.9 Å². The molecule has 1 aliphatic heterocycles. The van der Waals surface area contributed by atoms with Crippen molar-refractivity contribution < 1.29 is 23.7 Å². The lowest BCUT2D eigenvalue weighted by molar-refractivity contribution is 0.0628. The van der Waals surface area contributed by atoms with E-state index < -0.39 is 0 Å². The highest BCUT2D eigenvalue weighted by Gasteiger charge is 2.23. The summed E-state index contributed by atoms with van der Waals surface area (Å²) in [7, 11) is 4.88. The highest BCUT2D eigenvalue weighted by atomic mass is 16.5. The van der Waals surface area contributed by atoms with Crippen LogP contribution in [0, 0.1) is 5.92 Å². The number of carbonyl (C=O) groups excluding carboxylic acids is 1. The van der Waals surface area contributed by atoms with Crippen LogP contribution in [0.4, 0.5) is 0 Å². The minimum Gasteiger partial charge on any atom is -0.493 e. The summed E-state index contributed by atoms with van der Waals surface area (Å²) in [5, 5.41) is 0. The van der Waals surface area contributed by atoms with Gasteiger partial charge in [-0.15, -0.1) is 0 Å². The number of benzene rings is 2. The average Bonchev–Trinajstić information content (AvgIpc) is 2.84. The Balaban J connectivity index is 1.56. The fourth-order valence-electron chi connectivity index (χ4n) is 3.85. The van der Waals surface area contributed by atoms with Gasteiger partial charge in [-0.3, -0.25) is 9.69 Å². The molecular formula is C26H36N2O5. The number of hydrogen-bond acceptors (Lipinski definition) is 6. The number of piperazine rings is 1. The third-order valence-electron chi connectivity index (χ3n) is 5.88. The number of carbonyl (C=O) groups is 1. The first kappa shape index (κ1) is 24.7. The SMILES string of the molecule is COc1ccc(CN2CCN(C(=O)c3ccc(OCCC(C)C)c(OC)c3)CC2)cc1OC. The molecule has 1 amide bonds. The van der Waals surface area contributed by atoms with Crippen molar-refractivity contribution in [3.8, 4) is 23.0 Å². The molecule has 0 bridgehead atoms. The second kappa shape index (κ2) is 11.8. The van der Waals surface area contributed by atoms with Crippen LogP contribution in [0.3, 0.4) is 0 Å². The summed E-state index contributed by atoms with van der Waals surface area (Å²) in [4.78, 5) is 17.3. The largest absolute Gasteiger partial charge is 0.493 e. The molecule has 1 aliphatic rings. The van der Waals surface area contributed by atoms with Crippen molar-refractivity contribution in [2.24, 2.45) is 5.92 Å². The van der Waals surface area contributed by atoms with Crippen LogP contribution in [0.25, 0.3) is 0 Å². The molecule has 0 N–H and O–H groups in total. The Labute approximate surface area is 197 Å². The van der Waals surface area contributed by atoms with Crippen molar-refractivity contribution in [1.82, 2.24) is 9.80 Å². The first-order valence-electron chi connectivity index (χ1n) is 11.5. The van der Waals surface area contributed by atoms with Gasteiger partial charge in [-0.2, -0.15) is 0 Å². The van der Waals surface area contributed by atoms with Gasteiger partial charge in [0.2, 0.25) is 0 Å². The summed E-state index contributed by atoms with van der Waals surface area (Å²) >= 11 is 0. The maximum atomic E-state index is 13.1. The van der Waals surface area contributed by atoms with E-state index in [1.54, 1.807) is 27.4 Å². The Hall–Kier alpha value is -2.93. The van der Waals surface area contributed by atoms with E-state index in [1.807, 2.05) is 29.2 Å². The summed E-state index contributed by atoms with van der Waals surface area (Å²) < 4.78 is 22.0. The monoisotopic (exact) mass is 456 g/mol. The molecule has 0 aromatic heterocycles. The van der Waals surface area contributed by atoms with Crippen molar-refractivity contribution in [3.05, 3.63) is 47.5 Å². The standard InChI is InChI=1S/C26H36N2O5/c1-19(2)10-15-33-23-9-7-21(17-25(23)32-5)26(29)28-13-11-27(12-14-28)18-20-6-8-22(30-3)24(16-20)31-4/h6-9,16-17,19H,10-15,18H2,1-5H3. The van der Waals surface area contributed by atoms with Crippen LogP contribution in [-0.2, 0) is 6.54 Å². The van der Waals surface area contributed by atoms with Crippen LogP contribution in [0.1, 0.15) is 36.2 Å². The Kier molecular flexibility index (Phi) is 8.83.